The molecule has 0 spiro atoms. The second-order valence-electron chi connectivity index (χ2n) is 8.22. The molecular weight excluding hydrogens is 352 g/mol. The summed E-state index contributed by atoms with van der Waals surface area (Å²) in [7, 11) is 1.51. The molecule has 0 radical (unpaired) electrons. The minimum atomic E-state index is -0.922. The molecule has 0 saturated heterocycles. The van der Waals surface area contributed by atoms with Gasteiger partial charge in [-0.3, -0.25) is 0 Å². The number of carbonyl (C=O) groups excluding carboxylic acids is 1. The van der Waals surface area contributed by atoms with E-state index in [9.17, 15) is 25.2 Å². The molecule has 7 heteroatoms. The van der Waals surface area contributed by atoms with Crippen LogP contribution in [0, 0.1) is 17.8 Å². The number of ketones is 1. The number of carbonyl (C=O) groups is 1. The Bertz CT molecular complexity index is 450. The van der Waals surface area contributed by atoms with Crippen LogP contribution in [0.3, 0.4) is 0 Å². The summed E-state index contributed by atoms with van der Waals surface area (Å²) in [5.74, 6) is -0.243. The third-order valence-electron chi connectivity index (χ3n) is 5.97. The number of methoxy groups -OCH3 is 1. The maximum absolute atomic E-state index is 10.5. The quantitative estimate of drug-likeness (QED) is 0.563. The van der Waals surface area contributed by atoms with E-state index in [1.807, 2.05) is 20.8 Å². The Morgan fingerprint density at radius 3 is 1.96 bits per heavy atom. The van der Waals surface area contributed by atoms with Crippen LogP contribution in [-0.2, 0) is 14.3 Å². The highest BCUT2D eigenvalue weighted by molar-refractivity contribution is 5.72. The normalized spacial score (nSPS) is 45.0. The van der Waals surface area contributed by atoms with Crippen molar-refractivity contribution in [2.24, 2.45) is 17.8 Å². The minimum Gasteiger partial charge on any atom is -0.393 e. The predicted octanol–water partition coefficient (Wildman–Crippen LogP) is 0.900. The average Bonchev–Trinajstić information content (AvgIpc) is 2.61. The van der Waals surface area contributed by atoms with Crippen LogP contribution < -0.4 is 0 Å². The van der Waals surface area contributed by atoms with Gasteiger partial charge in [0.05, 0.1) is 36.6 Å². The maximum atomic E-state index is 10.5. The van der Waals surface area contributed by atoms with Gasteiger partial charge in [0, 0.05) is 25.4 Å². The summed E-state index contributed by atoms with van der Waals surface area (Å²) in [5, 5.41) is 40.9. The Kier molecular flexibility index (Phi) is 9.82. The zero-order chi connectivity index (χ0) is 20.9. The fraction of sp³-hybridized carbons (Fsp3) is 0.950. The van der Waals surface area contributed by atoms with Crippen molar-refractivity contribution in [1.29, 1.82) is 0 Å². The van der Waals surface area contributed by atoms with Crippen LogP contribution in [0.15, 0.2) is 0 Å². The van der Waals surface area contributed by atoms with Crippen LogP contribution in [0.2, 0.25) is 0 Å². The number of hydrogen-bond acceptors (Lipinski definition) is 7. The molecule has 2 aliphatic carbocycles. The van der Waals surface area contributed by atoms with E-state index in [1.165, 1.54) is 21.0 Å². The lowest BCUT2D eigenvalue weighted by Gasteiger charge is -2.47. The van der Waals surface area contributed by atoms with Crippen molar-refractivity contribution in [1.82, 2.24) is 0 Å². The first-order chi connectivity index (χ1) is 12.5. The summed E-state index contributed by atoms with van der Waals surface area (Å²) in [6.45, 7) is 8.76. The van der Waals surface area contributed by atoms with Gasteiger partial charge in [0.25, 0.3) is 0 Å². The summed E-state index contributed by atoms with van der Waals surface area (Å²) >= 11 is 0. The predicted molar refractivity (Wildman–Crippen MR) is 101 cm³/mol. The highest BCUT2D eigenvalue weighted by atomic mass is 16.5. The molecule has 160 valence electrons. The fourth-order valence-corrected chi connectivity index (χ4v) is 4.01. The van der Waals surface area contributed by atoms with Gasteiger partial charge in [-0.25, -0.2) is 0 Å². The molecule has 0 amide bonds. The van der Waals surface area contributed by atoms with Gasteiger partial charge in [0.1, 0.15) is 11.9 Å². The molecule has 0 aromatic rings. The highest BCUT2D eigenvalue weighted by Gasteiger charge is 2.47. The molecule has 7 nitrogen and oxygen atoms in total. The molecule has 0 aliphatic heterocycles. The Morgan fingerprint density at radius 2 is 1.48 bits per heavy atom. The Morgan fingerprint density at radius 1 is 0.926 bits per heavy atom. The molecule has 10 atom stereocenters. The summed E-state index contributed by atoms with van der Waals surface area (Å²) in [4.78, 5) is 9.44. The topological polar surface area (TPSA) is 116 Å². The van der Waals surface area contributed by atoms with Crippen molar-refractivity contribution in [3.8, 4) is 0 Å². The van der Waals surface area contributed by atoms with Crippen molar-refractivity contribution in [2.45, 2.75) is 96.6 Å². The summed E-state index contributed by atoms with van der Waals surface area (Å²) in [6, 6.07) is 0. The largest absolute Gasteiger partial charge is 0.393 e. The smallest absolute Gasteiger partial charge is 0.126 e. The van der Waals surface area contributed by atoms with Gasteiger partial charge in [0.15, 0.2) is 0 Å². The van der Waals surface area contributed by atoms with Gasteiger partial charge in [-0.15, -0.1) is 0 Å². The number of rotatable bonds is 4. The Hall–Kier alpha value is -0.570. The average molecular weight is 391 g/mol. The molecule has 0 bridgehead atoms. The molecule has 2 rings (SSSR count). The molecular formula is C20H38O7. The van der Waals surface area contributed by atoms with Crippen molar-refractivity contribution in [3.05, 3.63) is 0 Å². The van der Waals surface area contributed by atoms with E-state index in [4.69, 9.17) is 9.47 Å². The number of ether oxygens (including phenoxy) is 2. The maximum Gasteiger partial charge on any atom is 0.126 e. The molecule has 0 heterocycles. The molecule has 2 fully saturated rings. The van der Waals surface area contributed by atoms with E-state index in [1.54, 1.807) is 0 Å². The van der Waals surface area contributed by atoms with Crippen molar-refractivity contribution >= 4 is 5.78 Å². The monoisotopic (exact) mass is 390 g/mol. The first-order valence-corrected chi connectivity index (χ1v) is 9.92. The van der Waals surface area contributed by atoms with Gasteiger partial charge >= 0.3 is 0 Å². The SMILES string of the molecule is CC(C)=O.CC[C@H]1C[C@@H](O)[C@H](C)[C@@H](O)[C@@H]1O[C@@H]1C[C@H](OC)[C@@H](O)[C@H](O)[C@H]1C. The molecule has 2 saturated carbocycles. The molecule has 4 N–H and O–H groups in total. The van der Waals surface area contributed by atoms with E-state index in [-0.39, 0.29) is 35.7 Å². The zero-order valence-corrected chi connectivity index (χ0v) is 17.4. The number of aliphatic hydroxyl groups is 4. The molecule has 2 aliphatic rings. The lowest BCUT2D eigenvalue weighted by molar-refractivity contribution is -0.216. The van der Waals surface area contributed by atoms with Crippen LogP contribution in [0.5, 0.6) is 0 Å². The molecule has 0 aromatic heterocycles. The van der Waals surface area contributed by atoms with Crippen molar-refractivity contribution in [2.75, 3.05) is 7.11 Å². The first kappa shape index (κ1) is 24.5. The van der Waals surface area contributed by atoms with Crippen LogP contribution in [0.25, 0.3) is 0 Å². The highest BCUT2D eigenvalue weighted by Crippen LogP contribution is 2.37. The van der Waals surface area contributed by atoms with Crippen LogP contribution >= 0.6 is 0 Å². The van der Waals surface area contributed by atoms with E-state index in [0.29, 0.717) is 12.8 Å². The second-order valence-corrected chi connectivity index (χ2v) is 8.22. The van der Waals surface area contributed by atoms with Gasteiger partial charge in [-0.2, -0.15) is 0 Å². The Balaban J connectivity index is 0.000000828. The minimum absolute atomic E-state index is 0.0772. The van der Waals surface area contributed by atoms with Crippen LogP contribution in [0.1, 0.15) is 53.9 Å². The lowest BCUT2D eigenvalue weighted by atomic mass is 9.74. The van der Waals surface area contributed by atoms with Gasteiger partial charge < -0.3 is 34.7 Å². The lowest BCUT2D eigenvalue weighted by Crippen LogP contribution is -2.57. The Labute approximate surface area is 162 Å². The van der Waals surface area contributed by atoms with Crippen LogP contribution in [0.4, 0.5) is 0 Å². The number of Topliss-reactive ketones (excluding diaryl/α,β-unsaturated/α-hetero) is 1. The van der Waals surface area contributed by atoms with E-state index in [0.717, 1.165) is 6.42 Å². The number of hydrogen-bond donors (Lipinski definition) is 4. The standard InChI is InChI=1S/C17H32O6.C3H6O/c1-5-10-6-11(18)8(2)15(20)17(10)23-12-7-13(22-4)16(21)14(19)9(12)3;1-3(2)4/h8-21H,5-7H2,1-4H3;1-2H3/t8-,9-,10-,11+,12+,13-,14+,15+,16+,17+;/m0./s1. The van der Waals surface area contributed by atoms with E-state index >= 15 is 0 Å². The van der Waals surface area contributed by atoms with E-state index in [2.05, 4.69) is 0 Å². The van der Waals surface area contributed by atoms with Gasteiger partial charge in [0.2, 0.25) is 0 Å². The first-order valence-electron chi connectivity index (χ1n) is 9.92. The second kappa shape index (κ2) is 10.8. The summed E-state index contributed by atoms with van der Waals surface area (Å²) in [5.41, 5.74) is 0. The van der Waals surface area contributed by atoms with E-state index < -0.39 is 30.5 Å². The third-order valence-corrected chi connectivity index (χ3v) is 5.97. The van der Waals surface area contributed by atoms with Gasteiger partial charge in [-0.1, -0.05) is 27.2 Å². The van der Waals surface area contributed by atoms with Crippen LogP contribution in [-0.4, -0.2) is 76.0 Å². The summed E-state index contributed by atoms with van der Waals surface area (Å²) in [6.07, 6.45) is -2.33. The molecule has 0 aromatic carbocycles. The fourth-order valence-electron chi connectivity index (χ4n) is 4.01. The molecule has 0 unspecified atom stereocenters. The zero-order valence-electron chi connectivity index (χ0n) is 17.4. The number of aliphatic hydroxyl groups excluding tert-OH is 4. The van der Waals surface area contributed by atoms with Crippen molar-refractivity contribution in [3.63, 3.8) is 0 Å². The van der Waals surface area contributed by atoms with Gasteiger partial charge in [-0.05, 0) is 26.2 Å². The van der Waals surface area contributed by atoms with Crippen molar-refractivity contribution < 1.29 is 34.7 Å². The summed E-state index contributed by atoms with van der Waals surface area (Å²) < 4.78 is 11.5. The third kappa shape index (κ3) is 6.21. The molecule has 27 heavy (non-hydrogen) atoms.